The van der Waals surface area contributed by atoms with Gasteiger partial charge in [-0.05, 0) is 54.7 Å². The highest BCUT2D eigenvalue weighted by Crippen LogP contribution is 2.16. The lowest BCUT2D eigenvalue weighted by atomic mass is 10.3. The average molecular weight is 279 g/mol. The number of phenols is 1. The van der Waals surface area contributed by atoms with E-state index >= 15 is 0 Å². The highest BCUT2D eigenvalue weighted by Gasteiger charge is 1.99. The molecule has 0 aliphatic heterocycles. The molecular weight excluding hydrogens is 268 g/mol. The molecule has 0 unspecified atom stereocenters. The molecule has 0 bridgehead atoms. The number of aromatic hydroxyl groups is 1. The lowest BCUT2D eigenvalue weighted by molar-refractivity contribution is 0.475. The van der Waals surface area contributed by atoms with Crippen LogP contribution in [0.3, 0.4) is 0 Å². The minimum absolute atomic E-state index is 0.217. The number of nitrogens with one attached hydrogen (secondary N) is 2. The monoisotopic (exact) mass is 278 g/mol. The molecule has 18 heavy (non-hydrogen) atoms. The smallest absolute Gasteiger partial charge is 0.175 e. The summed E-state index contributed by atoms with van der Waals surface area (Å²) in [5.74, 6) is 0.217. The maximum atomic E-state index is 9.17. The first-order valence-corrected chi connectivity index (χ1v) is 6.05. The predicted molar refractivity (Wildman–Crippen MR) is 79.4 cm³/mol. The second kappa shape index (κ2) is 5.71. The van der Waals surface area contributed by atoms with Crippen molar-refractivity contribution in [2.75, 3.05) is 10.6 Å². The summed E-state index contributed by atoms with van der Waals surface area (Å²) < 4.78 is 0. The van der Waals surface area contributed by atoms with Gasteiger partial charge in [0.2, 0.25) is 0 Å². The molecule has 0 aliphatic rings. The first-order valence-electron chi connectivity index (χ1n) is 5.26. The van der Waals surface area contributed by atoms with Crippen molar-refractivity contribution >= 4 is 40.3 Å². The molecule has 0 radical (unpaired) electrons. The summed E-state index contributed by atoms with van der Waals surface area (Å²) in [7, 11) is 0. The molecule has 2 aromatic rings. The molecule has 0 heterocycles. The van der Waals surface area contributed by atoms with Crippen LogP contribution in [0.5, 0.6) is 5.75 Å². The predicted octanol–water partition coefficient (Wildman–Crippen LogP) is 3.85. The Morgan fingerprint density at radius 1 is 1.00 bits per heavy atom. The van der Waals surface area contributed by atoms with Crippen LogP contribution in [-0.4, -0.2) is 10.2 Å². The zero-order chi connectivity index (χ0) is 13.0. The average Bonchev–Trinajstić information content (AvgIpc) is 2.32. The maximum Gasteiger partial charge on any atom is 0.175 e. The fourth-order valence-corrected chi connectivity index (χ4v) is 1.83. The van der Waals surface area contributed by atoms with Crippen molar-refractivity contribution in [2.45, 2.75) is 0 Å². The molecule has 0 atom stereocenters. The van der Waals surface area contributed by atoms with E-state index in [4.69, 9.17) is 28.9 Å². The van der Waals surface area contributed by atoms with Crippen LogP contribution in [0, 0.1) is 0 Å². The van der Waals surface area contributed by atoms with E-state index in [1.54, 1.807) is 36.4 Å². The van der Waals surface area contributed by atoms with Crippen LogP contribution < -0.4 is 10.6 Å². The third kappa shape index (κ3) is 3.61. The van der Waals surface area contributed by atoms with E-state index in [2.05, 4.69) is 10.6 Å². The van der Waals surface area contributed by atoms with Crippen molar-refractivity contribution in [1.82, 2.24) is 0 Å². The zero-order valence-electron chi connectivity index (χ0n) is 9.35. The summed E-state index contributed by atoms with van der Waals surface area (Å²) >= 11 is 11.0. The summed E-state index contributed by atoms with van der Waals surface area (Å²) in [6, 6.07) is 13.9. The third-order valence-electron chi connectivity index (χ3n) is 2.21. The van der Waals surface area contributed by atoms with E-state index in [-0.39, 0.29) is 5.75 Å². The van der Waals surface area contributed by atoms with Gasteiger partial charge < -0.3 is 15.7 Å². The molecule has 0 saturated carbocycles. The highest BCUT2D eigenvalue weighted by atomic mass is 35.5. The van der Waals surface area contributed by atoms with Crippen molar-refractivity contribution < 1.29 is 5.11 Å². The number of halogens is 1. The summed E-state index contributed by atoms with van der Waals surface area (Å²) in [6.45, 7) is 0. The third-order valence-corrected chi connectivity index (χ3v) is 2.65. The minimum Gasteiger partial charge on any atom is -0.508 e. The zero-order valence-corrected chi connectivity index (χ0v) is 10.9. The Hall–Kier alpha value is -1.78. The normalized spacial score (nSPS) is 9.83. The van der Waals surface area contributed by atoms with Crippen molar-refractivity contribution in [1.29, 1.82) is 0 Å². The first kappa shape index (κ1) is 12.7. The van der Waals surface area contributed by atoms with Gasteiger partial charge >= 0.3 is 0 Å². The fraction of sp³-hybridized carbons (Fsp3) is 0. The Morgan fingerprint density at radius 3 is 2.33 bits per heavy atom. The van der Waals surface area contributed by atoms with Gasteiger partial charge in [-0.15, -0.1) is 0 Å². The van der Waals surface area contributed by atoms with Gasteiger partial charge in [-0.1, -0.05) is 17.7 Å². The standard InChI is InChI=1S/C13H11ClN2OS/c14-9-2-1-3-11(8-9)16-13(18)15-10-4-6-12(17)7-5-10/h1-8,17H,(H2,15,16,18). The van der Waals surface area contributed by atoms with E-state index in [1.807, 2.05) is 12.1 Å². The number of thiocarbonyl (C=S) groups is 1. The van der Waals surface area contributed by atoms with Crippen LogP contribution in [0.15, 0.2) is 48.5 Å². The van der Waals surface area contributed by atoms with Crippen LogP contribution in [-0.2, 0) is 0 Å². The van der Waals surface area contributed by atoms with Crippen molar-refractivity contribution in [3.8, 4) is 5.75 Å². The molecule has 0 aromatic heterocycles. The maximum absolute atomic E-state index is 9.17. The molecule has 5 heteroatoms. The van der Waals surface area contributed by atoms with Gasteiger partial charge in [-0.25, -0.2) is 0 Å². The fourth-order valence-electron chi connectivity index (χ4n) is 1.40. The topological polar surface area (TPSA) is 44.3 Å². The van der Waals surface area contributed by atoms with E-state index in [0.717, 1.165) is 11.4 Å². The van der Waals surface area contributed by atoms with Gasteiger partial charge in [0.25, 0.3) is 0 Å². The summed E-state index contributed by atoms with van der Waals surface area (Å²) in [6.07, 6.45) is 0. The van der Waals surface area contributed by atoms with E-state index in [1.165, 1.54) is 0 Å². The lowest BCUT2D eigenvalue weighted by Gasteiger charge is -2.10. The molecule has 2 rings (SSSR count). The second-order valence-electron chi connectivity index (χ2n) is 3.64. The Balaban J connectivity index is 1.98. The first-order chi connectivity index (χ1) is 8.63. The molecule has 3 N–H and O–H groups in total. The number of anilines is 2. The molecule has 2 aromatic carbocycles. The highest BCUT2D eigenvalue weighted by molar-refractivity contribution is 7.80. The van der Waals surface area contributed by atoms with Crippen LogP contribution >= 0.6 is 23.8 Å². The SMILES string of the molecule is Oc1ccc(NC(=S)Nc2cccc(Cl)c2)cc1. The quantitative estimate of drug-likeness (QED) is 0.577. The molecular formula is C13H11ClN2OS. The Morgan fingerprint density at radius 2 is 1.67 bits per heavy atom. The van der Waals surface area contributed by atoms with Gasteiger partial charge in [0.1, 0.15) is 5.75 Å². The van der Waals surface area contributed by atoms with Crippen molar-refractivity contribution in [2.24, 2.45) is 0 Å². The van der Waals surface area contributed by atoms with Crippen molar-refractivity contribution in [3.05, 3.63) is 53.6 Å². The second-order valence-corrected chi connectivity index (χ2v) is 4.48. The minimum atomic E-state index is 0.217. The van der Waals surface area contributed by atoms with Crippen LogP contribution in [0.2, 0.25) is 5.02 Å². The van der Waals surface area contributed by atoms with Crippen molar-refractivity contribution in [3.63, 3.8) is 0 Å². The van der Waals surface area contributed by atoms with Gasteiger partial charge in [-0.3, -0.25) is 0 Å². The van der Waals surface area contributed by atoms with Gasteiger partial charge in [0, 0.05) is 16.4 Å². The Kier molecular flexibility index (Phi) is 4.02. The van der Waals surface area contributed by atoms with Crippen LogP contribution in [0.4, 0.5) is 11.4 Å². The van der Waals surface area contributed by atoms with E-state index in [9.17, 15) is 0 Å². The van der Waals surface area contributed by atoms with Gasteiger partial charge in [0.05, 0.1) is 0 Å². The van der Waals surface area contributed by atoms with Crippen LogP contribution in [0.25, 0.3) is 0 Å². The number of phenolic OH excluding ortho intramolecular Hbond substituents is 1. The summed E-state index contributed by atoms with van der Waals surface area (Å²) in [5, 5.41) is 16.3. The molecule has 0 aliphatic carbocycles. The summed E-state index contributed by atoms with van der Waals surface area (Å²) in [4.78, 5) is 0. The molecule has 0 amide bonds. The largest absolute Gasteiger partial charge is 0.508 e. The number of rotatable bonds is 2. The number of benzene rings is 2. The molecule has 92 valence electrons. The lowest BCUT2D eigenvalue weighted by Crippen LogP contribution is -2.18. The molecule has 0 spiro atoms. The Bertz CT molecular complexity index is 557. The summed E-state index contributed by atoms with van der Waals surface area (Å²) in [5.41, 5.74) is 1.62. The van der Waals surface area contributed by atoms with E-state index in [0.29, 0.717) is 10.1 Å². The Labute approximate surface area is 115 Å². The molecule has 0 saturated heterocycles. The van der Waals surface area contributed by atoms with Crippen LogP contribution in [0.1, 0.15) is 0 Å². The number of hydrogen-bond donors (Lipinski definition) is 3. The number of hydrogen-bond acceptors (Lipinski definition) is 2. The van der Waals surface area contributed by atoms with Gasteiger partial charge in [-0.2, -0.15) is 0 Å². The van der Waals surface area contributed by atoms with E-state index < -0.39 is 0 Å². The molecule has 3 nitrogen and oxygen atoms in total. The molecule has 0 fully saturated rings. The van der Waals surface area contributed by atoms with Gasteiger partial charge in [0.15, 0.2) is 5.11 Å².